The predicted molar refractivity (Wildman–Crippen MR) is 102 cm³/mol. The summed E-state index contributed by atoms with van der Waals surface area (Å²) in [6.07, 6.45) is 0. The average Bonchev–Trinajstić information content (AvgIpc) is 2.96. The normalized spacial score (nSPS) is 10.9. The summed E-state index contributed by atoms with van der Waals surface area (Å²) in [4.78, 5) is 12.4. The highest BCUT2D eigenvalue weighted by atomic mass is 32.2. The summed E-state index contributed by atoms with van der Waals surface area (Å²) in [6, 6.07) is 14.0. The van der Waals surface area contributed by atoms with Crippen molar-refractivity contribution in [1.29, 1.82) is 0 Å². The summed E-state index contributed by atoms with van der Waals surface area (Å²) in [5, 5.41) is 9.25. The average molecular weight is 351 g/mol. The van der Waals surface area contributed by atoms with Gasteiger partial charge in [0.05, 0.1) is 5.75 Å². The molecular weight excluding hydrogens is 330 g/mol. The van der Waals surface area contributed by atoms with Crippen molar-refractivity contribution in [2.24, 2.45) is 7.05 Å². The molecule has 0 atom stereocenters. The lowest BCUT2D eigenvalue weighted by molar-refractivity contribution is 0.102. The van der Waals surface area contributed by atoms with E-state index in [1.165, 1.54) is 22.9 Å². The maximum Gasteiger partial charge on any atom is 0.191 e. The summed E-state index contributed by atoms with van der Waals surface area (Å²) in [6.45, 7) is 6.13. The van der Waals surface area contributed by atoms with Gasteiger partial charge in [-0.25, -0.2) is 0 Å². The van der Waals surface area contributed by atoms with Crippen molar-refractivity contribution in [2.75, 3.05) is 5.75 Å². The van der Waals surface area contributed by atoms with Crippen LogP contribution in [0.5, 0.6) is 0 Å². The molecule has 128 valence electrons. The number of hydrogen-bond donors (Lipinski definition) is 0. The number of hydrogen-bond acceptors (Lipinski definition) is 4. The van der Waals surface area contributed by atoms with E-state index in [-0.39, 0.29) is 5.78 Å². The van der Waals surface area contributed by atoms with Gasteiger partial charge in [-0.2, -0.15) is 0 Å². The van der Waals surface area contributed by atoms with E-state index in [1.54, 1.807) is 0 Å². The monoisotopic (exact) mass is 351 g/mol. The lowest BCUT2D eigenvalue weighted by atomic mass is 10.0. The van der Waals surface area contributed by atoms with Gasteiger partial charge in [-0.15, -0.1) is 10.2 Å². The first-order valence-electron chi connectivity index (χ1n) is 8.15. The lowest BCUT2D eigenvalue weighted by Crippen LogP contribution is -2.04. The predicted octanol–water partition coefficient (Wildman–Crippen LogP) is 4.38. The first kappa shape index (κ1) is 17.4. The number of aromatic nitrogens is 3. The van der Waals surface area contributed by atoms with E-state index < -0.39 is 0 Å². The van der Waals surface area contributed by atoms with E-state index in [9.17, 15) is 4.79 Å². The molecule has 0 aliphatic rings. The number of rotatable bonds is 5. The molecule has 25 heavy (non-hydrogen) atoms. The number of carbonyl (C=O) groups is 1. The van der Waals surface area contributed by atoms with Crippen LogP contribution >= 0.6 is 11.8 Å². The van der Waals surface area contributed by atoms with Crippen LogP contribution in [0.25, 0.3) is 11.4 Å². The molecule has 0 fully saturated rings. The second-order valence-corrected chi connectivity index (χ2v) is 7.18. The van der Waals surface area contributed by atoms with Crippen LogP contribution in [0.15, 0.2) is 47.6 Å². The van der Waals surface area contributed by atoms with Gasteiger partial charge in [0.25, 0.3) is 0 Å². The minimum absolute atomic E-state index is 0.105. The fourth-order valence-corrected chi connectivity index (χ4v) is 3.33. The molecule has 0 unspecified atom stereocenters. The number of benzene rings is 2. The molecule has 3 rings (SSSR count). The number of ketones is 1. The lowest BCUT2D eigenvalue weighted by Gasteiger charge is -2.06. The smallest absolute Gasteiger partial charge is 0.191 e. The minimum Gasteiger partial charge on any atom is -0.305 e. The Morgan fingerprint density at radius 2 is 1.72 bits per heavy atom. The highest BCUT2D eigenvalue weighted by Gasteiger charge is 2.14. The third-order valence-corrected chi connectivity index (χ3v) is 5.33. The van der Waals surface area contributed by atoms with Gasteiger partial charge in [-0.3, -0.25) is 4.79 Å². The molecular formula is C20H21N3OS. The molecule has 4 nitrogen and oxygen atoms in total. The maximum atomic E-state index is 12.4. The molecule has 0 saturated heterocycles. The third-order valence-electron chi connectivity index (χ3n) is 4.31. The van der Waals surface area contributed by atoms with Crippen LogP contribution in [0, 0.1) is 20.8 Å². The first-order chi connectivity index (χ1) is 12.0. The summed E-state index contributed by atoms with van der Waals surface area (Å²) >= 11 is 1.42. The second kappa shape index (κ2) is 7.23. The molecule has 5 heteroatoms. The molecule has 1 heterocycles. The zero-order chi connectivity index (χ0) is 18.0. The number of nitrogens with zero attached hydrogens (tertiary/aromatic N) is 3. The highest BCUT2D eigenvalue weighted by Crippen LogP contribution is 2.23. The van der Waals surface area contributed by atoms with Crippen molar-refractivity contribution >= 4 is 17.5 Å². The number of aryl methyl sites for hydroxylation is 3. The van der Waals surface area contributed by atoms with Gasteiger partial charge in [-0.1, -0.05) is 53.7 Å². The third kappa shape index (κ3) is 3.82. The number of Topliss-reactive ketones (excluding diaryl/α,β-unsaturated/α-hetero) is 1. The SMILES string of the molecule is Cc1ccc(-c2nnc(SCC(=O)c3ccc(C)c(C)c3)n2C)cc1. The topological polar surface area (TPSA) is 47.8 Å². The summed E-state index contributed by atoms with van der Waals surface area (Å²) in [5.74, 6) is 1.26. The van der Waals surface area contributed by atoms with Crippen molar-refractivity contribution < 1.29 is 4.79 Å². The van der Waals surface area contributed by atoms with Crippen molar-refractivity contribution in [3.8, 4) is 11.4 Å². The Hall–Kier alpha value is -2.40. The molecule has 0 saturated carbocycles. The molecule has 1 aromatic heterocycles. The van der Waals surface area contributed by atoms with E-state index in [4.69, 9.17) is 0 Å². The highest BCUT2D eigenvalue weighted by molar-refractivity contribution is 7.99. The van der Waals surface area contributed by atoms with Gasteiger partial charge in [-0.05, 0) is 38.0 Å². The fourth-order valence-electron chi connectivity index (χ4n) is 2.52. The Bertz CT molecular complexity index is 913. The van der Waals surface area contributed by atoms with Crippen LogP contribution in [-0.2, 0) is 7.05 Å². The molecule has 0 N–H and O–H groups in total. The van der Waals surface area contributed by atoms with Gasteiger partial charge in [0, 0.05) is 18.2 Å². The van der Waals surface area contributed by atoms with E-state index in [0.29, 0.717) is 5.75 Å². The quantitative estimate of drug-likeness (QED) is 0.505. The minimum atomic E-state index is 0.105. The number of carbonyl (C=O) groups excluding carboxylic acids is 1. The van der Waals surface area contributed by atoms with Crippen LogP contribution in [0.2, 0.25) is 0 Å². The van der Waals surface area contributed by atoms with Gasteiger partial charge in [0.2, 0.25) is 0 Å². The van der Waals surface area contributed by atoms with Crippen LogP contribution in [0.4, 0.5) is 0 Å². The Morgan fingerprint density at radius 1 is 1.00 bits per heavy atom. The van der Waals surface area contributed by atoms with E-state index in [1.807, 2.05) is 55.8 Å². The van der Waals surface area contributed by atoms with E-state index >= 15 is 0 Å². The van der Waals surface area contributed by atoms with Crippen LogP contribution in [0.1, 0.15) is 27.0 Å². The molecule has 0 amide bonds. The fraction of sp³-hybridized carbons (Fsp3) is 0.250. The zero-order valence-electron chi connectivity index (χ0n) is 14.9. The van der Waals surface area contributed by atoms with Gasteiger partial charge < -0.3 is 4.57 Å². The maximum absolute atomic E-state index is 12.4. The second-order valence-electron chi connectivity index (χ2n) is 6.24. The largest absolute Gasteiger partial charge is 0.305 e. The summed E-state index contributed by atoms with van der Waals surface area (Å²) < 4.78 is 1.93. The Morgan fingerprint density at radius 3 is 2.40 bits per heavy atom. The van der Waals surface area contributed by atoms with Crippen molar-refractivity contribution in [3.05, 3.63) is 64.7 Å². The molecule has 0 spiro atoms. The van der Waals surface area contributed by atoms with Crippen molar-refractivity contribution in [1.82, 2.24) is 14.8 Å². The molecule has 2 aromatic carbocycles. The zero-order valence-corrected chi connectivity index (χ0v) is 15.7. The van der Waals surface area contributed by atoms with Crippen LogP contribution < -0.4 is 0 Å². The molecule has 0 radical (unpaired) electrons. The van der Waals surface area contributed by atoms with Crippen molar-refractivity contribution in [3.63, 3.8) is 0 Å². The number of thioether (sulfide) groups is 1. The molecule has 0 aliphatic carbocycles. The molecule has 0 bridgehead atoms. The first-order valence-corrected chi connectivity index (χ1v) is 9.14. The van der Waals surface area contributed by atoms with Crippen LogP contribution in [-0.4, -0.2) is 26.3 Å². The van der Waals surface area contributed by atoms with Crippen LogP contribution in [0.3, 0.4) is 0 Å². The Kier molecular flexibility index (Phi) is 5.04. The summed E-state index contributed by atoms with van der Waals surface area (Å²) in [7, 11) is 1.93. The van der Waals surface area contributed by atoms with Gasteiger partial charge in [0.15, 0.2) is 16.8 Å². The summed E-state index contributed by atoms with van der Waals surface area (Å²) in [5.41, 5.74) is 5.31. The molecule has 3 aromatic rings. The molecule has 0 aliphatic heterocycles. The van der Waals surface area contributed by atoms with Gasteiger partial charge >= 0.3 is 0 Å². The van der Waals surface area contributed by atoms with Crippen molar-refractivity contribution in [2.45, 2.75) is 25.9 Å². The van der Waals surface area contributed by atoms with E-state index in [0.717, 1.165) is 27.7 Å². The Labute approximate surface area is 152 Å². The standard InChI is InChI=1S/C20H21N3OS/c1-13-5-8-16(9-6-13)19-21-22-20(23(19)4)25-12-18(24)17-10-7-14(2)15(3)11-17/h5-11H,12H2,1-4H3. The van der Waals surface area contributed by atoms with E-state index in [2.05, 4.69) is 29.3 Å². The van der Waals surface area contributed by atoms with Gasteiger partial charge in [0.1, 0.15) is 0 Å². The Balaban J connectivity index is 1.72.